The average molecular weight is 329 g/mol. The fourth-order valence-corrected chi connectivity index (χ4v) is 2.21. The molecule has 2 aromatic carbocycles. The Morgan fingerprint density at radius 2 is 2.00 bits per heavy atom. The van der Waals surface area contributed by atoms with E-state index < -0.39 is 0 Å². The standard InChI is InChI=1S/C16H13ClN4O2/c1-23-13-7-6-10(15(17)16(13)22)8-19-21-14-9-18-11-4-2-3-5-12(11)20-14/h2-9,22H,1H3,(H,20,21)/b19-8+. The minimum atomic E-state index is -0.122. The van der Waals surface area contributed by atoms with E-state index in [-0.39, 0.29) is 10.8 Å². The highest BCUT2D eigenvalue weighted by molar-refractivity contribution is 6.34. The van der Waals surface area contributed by atoms with E-state index in [1.165, 1.54) is 13.3 Å². The molecule has 2 N–H and O–H groups in total. The Bertz CT molecular complexity index is 883. The van der Waals surface area contributed by atoms with E-state index in [2.05, 4.69) is 20.5 Å². The predicted octanol–water partition coefficient (Wildman–Crippen LogP) is 3.44. The van der Waals surface area contributed by atoms with Crippen molar-refractivity contribution in [1.82, 2.24) is 9.97 Å². The summed E-state index contributed by atoms with van der Waals surface area (Å²) in [5.74, 6) is 0.693. The third kappa shape index (κ3) is 3.17. The Hall–Kier alpha value is -2.86. The lowest BCUT2D eigenvalue weighted by atomic mass is 10.2. The smallest absolute Gasteiger partial charge is 0.177 e. The van der Waals surface area contributed by atoms with Gasteiger partial charge in [-0.3, -0.25) is 10.4 Å². The van der Waals surface area contributed by atoms with E-state index in [0.29, 0.717) is 17.1 Å². The SMILES string of the molecule is COc1ccc(/C=N/Nc2cnc3ccccc3n2)c(Cl)c1O. The minimum absolute atomic E-state index is 0.122. The molecular formula is C16H13ClN4O2. The van der Waals surface area contributed by atoms with Crippen LogP contribution in [0.1, 0.15) is 5.56 Å². The Morgan fingerprint density at radius 3 is 2.78 bits per heavy atom. The first-order valence-corrected chi connectivity index (χ1v) is 7.13. The van der Waals surface area contributed by atoms with Gasteiger partial charge < -0.3 is 9.84 Å². The van der Waals surface area contributed by atoms with Crippen LogP contribution >= 0.6 is 11.6 Å². The highest BCUT2D eigenvalue weighted by Crippen LogP contribution is 2.35. The molecule has 1 aromatic heterocycles. The monoisotopic (exact) mass is 328 g/mol. The summed E-state index contributed by atoms with van der Waals surface area (Å²) in [6.07, 6.45) is 3.07. The van der Waals surface area contributed by atoms with Crippen LogP contribution in [0.4, 0.5) is 5.82 Å². The number of ether oxygens (including phenoxy) is 1. The maximum Gasteiger partial charge on any atom is 0.177 e. The van der Waals surface area contributed by atoms with Gasteiger partial charge in [-0.15, -0.1) is 0 Å². The highest BCUT2D eigenvalue weighted by atomic mass is 35.5. The summed E-state index contributed by atoms with van der Waals surface area (Å²) in [6.45, 7) is 0. The summed E-state index contributed by atoms with van der Waals surface area (Å²) in [5.41, 5.74) is 4.91. The van der Waals surface area contributed by atoms with Gasteiger partial charge in [0.2, 0.25) is 0 Å². The van der Waals surface area contributed by atoms with E-state index in [0.717, 1.165) is 11.0 Å². The summed E-state index contributed by atoms with van der Waals surface area (Å²) in [6, 6.07) is 10.9. The molecule has 0 unspecified atom stereocenters. The van der Waals surface area contributed by atoms with E-state index in [9.17, 15) is 5.11 Å². The largest absolute Gasteiger partial charge is 0.503 e. The van der Waals surface area contributed by atoms with Crippen molar-refractivity contribution in [3.63, 3.8) is 0 Å². The van der Waals surface area contributed by atoms with Crippen molar-refractivity contribution in [2.45, 2.75) is 0 Å². The molecule has 0 fully saturated rings. The number of para-hydroxylation sites is 2. The number of methoxy groups -OCH3 is 1. The van der Waals surface area contributed by atoms with Gasteiger partial charge in [0, 0.05) is 5.56 Å². The molecule has 7 heteroatoms. The molecule has 0 bridgehead atoms. The van der Waals surface area contributed by atoms with Crippen molar-refractivity contribution >= 4 is 34.7 Å². The van der Waals surface area contributed by atoms with Gasteiger partial charge >= 0.3 is 0 Å². The molecule has 0 aliphatic carbocycles. The first-order valence-electron chi connectivity index (χ1n) is 6.75. The number of benzene rings is 2. The molecule has 0 aliphatic rings. The Kier molecular flexibility index (Phi) is 4.25. The van der Waals surface area contributed by atoms with Gasteiger partial charge in [-0.05, 0) is 24.3 Å². The number of aromatic nitrogens is 2. The number of anilines is 1. The number of phenolic OH excluding ortho intramolecular Hbond substituents is 1. The minimum Gasteiger partial charge on any atom is -0.503 e. The molecule has 23 heavy (non-hydrogen) atoms. The summed E-state index contributed by atoms with van der Waals surface area (Å²) in [7, 11) is 1.46. The molecule has 6 nitrogen and oxygen atoms in total. The predicted molar refractivity (Wildman–Crippen MR) is 90.4 cm³/mol. The van der Waals surface area contributed by atoms with Crippen molar-refractivity contribution in [3.05, 3.63) is 53.2 Å². The van der Waals surface area contributed by atoms with Gasteiger partial charge in [-0.25, -0.2) is 4.98 Å². The van der Waals surface area contributed by atoms with Gasteiger partial charge in [0.05, 0.1) is 35.6 Å². The summed E-state index contributed by atoms with van der Waals surface area (Å²) in [5, 5.41) is 14.1. The number of nitrogens with zero attached hydrogens (tertiary/aromatic N) is 3. The lowest BCUT2D eigenvalue weighted by Crippen LogP contribution is -1.96. The van der Waals surface area contributed by atoms with Crippen LogP contribution in [0.3, 0.4) is 0 Å². The number of fused-ring (bicyclic) bond motifs is 1. The fraction of sp³-hybridized carbons (Fsp3) is 0.0625. The van der Waals surface area contributed by atoms with Gasteiger partial charge in [0.1, 0.15) is 0 Å². The number of hydrazone groups is 1. The van der Waals surface area contributed by atoms with Gasteiger partial charge in [0.15, 0.2) is 17.3 Å². The van der Waals surface area contributed by atoms with Crippen LogP contribution in [-0.2, 0) is 0 Å². The van der Waals surface area contributed by atoms with E-state index in [1.807, 2.05) is 24.3 Å². The van der Waals surface area contributed by atoms with Crippen LogP contribution in [0, 0.1) is 0 Å². The van der Waals surface area contributed by atoms with Gasteiger partial charge in [0.25, 0.3) is 0 Å². The highest BCUT2D eigenvalue weighted by Gasteiger charge is 2.09. The molecule has 0 atom stereocenters. The number of hydrogen-bond donors (Lipinski definition) is 2. The van der Waals surface area contributed by atoms with Crippen molar-refractivity contribution in [1.29, 1.82) is 0 Å². The number of aromatic hydroxyl groups is 1. The Labute approximate surface area is 137 Å². The summed E-state index contributed by atoms with van der Waals surface area (Å²) < 4.78 is 4.98. The average Bonchev–Trinajstić information content (AvgIpc) is 2.59. The molecule has 3 rings (SSSR count). The lowest BCUT2D eigenvalue weighted by Gasteiger charge is -2.06. The second kappa shape index (κ2) is 6.50. The maximum absolute atomic E-state index is 9.85. The van der Waals surface area contributed by atoms with Crippen molar-refractivity contribution in [2.24, 2.45) is 5.10 Å². The number of rotatable bonds is 4. The van der Waals surface area contributed by atoms with Gasteiger partial charge in [-0.1, -0.05) is 23.7 Å². The van der Waals surface area contributed by atoms with Crippen LogP contribution in [0.15, 0.2) is 47.7 Å². The lowest BCUT2D eigenvalue weighted by molar-refractivity contribution is 0.373. The first kappa shape index (κ1) is 15.1. The molecular weight excluding hydrogens is 316 g/mol. The second-order valence-electron chi connectivity index (χ2n) is 4.63. The Balaban J connectivity index is 1.79. The van der Waals surface area contributed by atoms with E-state index in [1.54, 1.807) is 18.3 Å². The molecule has 0 saturated carbocycles. The van der Waals surface area contributed by atoms with Crippen LogP contribution in [0.5, 0.6) is 11.5 Å². The van der Waals surface area contributed by atoms with Crippen molar-refractivity contribution in [3.8, 4) is 11.5 Å². The van der Waals surface area contributed by atoms with E-state index in [4.69, 9.17) is 16.3 Å². The van der Waals surface area contributed by atoms with Crippen molar-refractivity contribution in [2.75, 3.05) is 12.5 Å². The maximum atomic E-state index is 9.85. The van der Waals surface area contributed by atoms with Crippen LogP contribution in [0.25, 0.3) is 11.0 Å². The molecule has 3 aromatic rings. The van der Waals surface area contributed by atoms with Crippen LogP contribution < -0.4 is 10.2 Å². The molecule has 0 aliphatic heterocycles. The van der Waals surface area contributed by atoms with Crippen molar-refractivity contribution < 1.29 is 9.84 Å². The van der Waals surface area contributed by atoms with Crippen LogP contribution in [-0.4, -0.2) is 28.4 Å². The quantitative estimate of drug-likeness (QED) is 0.566. The molecule has 116 valence electrons. The second-order valence-corrected chi connectivity index (χ2v) is 5.01. The first-order chi connectivity index (χ1) is 11.2. The zero-order valence-corrected chi connectivity index (χ0v) is 12.9. The zero-order valence-electron chi connectivity index (χ0n) is 12.2. The number of nitrogens with one attached hydrogen (secondary N) is 1. The third-order valence-corrected chi connectivity index (χ3v) is 3.56. The molecule has 0 saturated heterocycles. The van der Waals surface area contributed by atoms with E-state index >= 15 is 0 Å². The molecule has 1 heterocycles. The fourth-order valence-electron chi connectivity index (χ4n) is 2.01. The normalized spacial score (nSPS) is 11.0. The topological polar surface area (TPSA) is 79.6 Å². The number of halogens is 1. The van der Waals surface area contributed by atoms with Crippen LogP contribution in [0.2, 0.25) is 5.02 Å². The van der Waals surface area contributed by atoms with Gasteiger partial charge in [-0.2, -0.15) is 5.10 Å². The Morgan fingerprint density at radius 1 is 1.22 bits per heavy atom. The number of phenols is 1. The molecule has 0 radical (unpaired) electrons. The number of hydrogen-bond acceptors (Lipinski definition) is 6. The zero-order chi connectivity index (χ0) is 16.2. The summed E-state index contributed by atoms with van der Waals surface area (Å²) >= 11 is 6.06. The third-order valence-electron chi connectivity index (χ3n) is 3.16. The summed E-state index contributed by atoms with van der Waals surface area (Å²) in [4.78, 5) is 8.66. The molecule has 0 spiro atoms. The molecule has 0 amide bonds.